The molecule has 0 atom stereocenters. The lowest BCUT2D eigenvalue weighted by molar-refractivity contribution is 0.393. The number of rotatable bonds is 0. The van der Waals surface area contributed by atoms with E-state index in [1.807, 2.05) is 0 Å². The molecule has 0 saturated carbocycles. The van der Waals surface area contributed by atoms with Gasteiger partial charge >= 0.3 is 0 Å². The standard InChI is InChI=1S/C7H10S/c1-2-4-7(3-1)5-8-6-7/h1-2H,3-6H2. The van der Waals surface area contributed by atoms with Crippen molar-refractivity contribution in [2.45, 2.75) is 12.8 Å². The molecular weight excluding hydrogens is 116 g/mol. The largest absolute Gasteiger partial charge is 0.161 e. The highest BCUT2D eigenvalue weighted by Crippen LogP contribution is 2.47. The van der Waals surface area contributed by atoms with Crippen LogP contribution in [0.4, 0.5) is 0 Å². The number of hydrogen-bond donors (Lipinski definition) is 0. The number of thioether (sulfide) groups is 1. The van der Waals surface area contributed by atoms with E-state index in [0.717, 1.165) is 5.41 Å². The van der Waals surface area contributed by atoms with E-state index < -0.39 is 0 Å². The van der Waals surface area contributed by atoms with Crippen molar-refractivity contribution in [3.63, 3.8) is 0 Å². The number of hydrogen-bond acceptors (Lipinski definition) is 1. The van der Waals surface area contributed by atoms with Crippen LogP contribution in [0.3, 0.4) is 0 Å². The fraction of sp³-hybridized carbons (Fsp3) is 0.714. The summed E-state index contributed by atoms with van der Waals surface area (Å²) in [5.74, 6) is 2.83. The third-order valence-corrected chi connectivity index (χ3v) is 3.72. The van der Waals surface area contributed by atoms with Crippen LogP contribution in [-0.2, 0) is 0 Å². The summed E-state index contributed by atoms with van der Waals surface area (Å²) < 4.78 is 0. The summed E-state index contributed by atoms with van der Waals surface area (Å²) >= 11 is 2.09. The van der Waals surface area contributed by atoms with Crippen LogP contribution in [-0.4, -0.2) is 11.5 Å². The quantitative estimate of drug-likeness (QED) is 0.448. The second-order valence-electron chi connectivity index (χ2n) is 2.87. The van der Waals surface area contributed by atoms with Crippen molar-refractivity contribution in [2.24, 2.45) is 5.41 Å². The fourth-order valence-electron chi connectivity index (χ4n) is 1.38. The first-order valence-corrected chi connectivity index (χ1v) is 4.30. The highest BCUT2D eigenvalue weighted by molar-refractivity contribution is 8.00. The fourth-order valence-corrected chi connectivity index (χ4v) is 2.63. The lowest BCUT2D eigenvalue weighted by Gasteiger charge is -2.37. The summed E-state index contributed by atoms with van der Waals surface area (Å²) in [4.78, 5) is 0. The van der Waals surface area contributed by atoms with Crippen LogP contribution >= 0.6 is 11.8 Å². The van der Waals surface area contributed by atoms with E-state index in [-0.39, 0.29) is 0 Å². The molecule has 2 rings (SSSR count). The Labute approximate surface area is 54.4 Å². The molecule has 44 valence electrons. The van der Waals surface area contributed by atoms with Gasteiger partial charge in [0.1, 0.15) is 0 Å². The third kappa shape index (κ3) is 0.540. The van der Waals surface area contributed by atoms with Crippen LogP contribution in [0, 0.1) is 5.41 Å². The van der Waals surface area contributed by atoms with Gasteiger partial charge in [-0.05, 0) is 18.3 Å². The van der Waals surface area contributed by atoms with Gasteiger partial charge in [-0.15, -0.1) is 0 Å². The molecule has 0 amide bonds. The monoisotopic (exact) mass is 126 g/mol. The molecule has 1 heteroatoms. The maximum absolute atomic E-state index is 2.33. The Morgan fingerprint density at radius 2 is 1.75 bits per heavy atom. The van der Waals surface area contributed by atoms with E-state index >= 15 is 0 Å². The van der Waals surface area contributed by atoms with Crippen LogP contribution in [0.25, 0.3) is 0 Å². The van der Waals surface area contributed by atoms with Crippen molar-refractivity contribution < 1.29 is 0 Å². The molecule has 0 bridgehead atoms. The first-order valence-electron chi connectivity index (χ1n) is 3.14. The van der Waals surface area contributed by atoms with Gasteiger partial charge in [0.15, 0.2) is 0 Å². The van der Waals surface area contributed by atoms with Crippen molar-refractivity contribution in [1.82, 2.24) is 0 Å². The molecule has 0 nitrogen and oxygen atoms in total. The van der Waals surface area contributed by atoms with Gasteiger partial charge in [-0.2, -0.15) is 11.8 Å². The summed E-state index contributed by atoms with van der Waals surface area (Å²) in [6, 6.07) is 0. The molecule has 1 saturated heterocycles. The van der Waals surface area contributed by atoms with Crippen molar-refractivity contribution in [3.8, 4) is 0 Å². The van der Waals surface area contributed by atoms with E-state index in [4.69, 9.17) is 0 Å². The van der Waals surface area contributed by atoms with Crippen LogP contribution < -0.4 is 0 Å². The summed E-state index contributed by atoms with van der Waals surface area (Å²) in [7, 11) is 0. The van der Waals surface area contributed by atoms with Crippen LogP contribution in [0.2, 0.25) is 0 Å². The molecule has 8 heavy (non-hydrogen) atoms. The first-order chi connectivity index (χ1) is 3.91. The molecule has 0 N–H and O–H groups in total. The second kappa shape index (κ2) is 1.53. The SMILES string of the molecule is C1=CCC2(C1)CSC2. The zero-order valence-electron chi connectivity index (χ0n) is 4.89. The van der Waals surface area contributed by atoms with Crippen LogP contribution in [0.5, 0.6) is 0 Å². The summed E-state index contributed by atoms with van der Waals surface area (Å²) in [5, 5.41) is 0. The minimum Gasteiger partial charge on any atom is -0.161 e. The van der Waals surface area contributed by atoms with Crippen molar-refractivity contribution in [2.75, 3.05) is 11.5 Å². The van der Waals surface area contributed by atoms with Gasteiger partial charge in [-0.25, -0.2) is 0 Å². The van der Waals surface area contributed by atoms with Gasteiger partial charge in [0.2, 0.25) is 0 Å². The van der Waals surface area contributed by atoms with Gasteiger partial charge < -0.3 is 0 Å². The van der Waals surface area contributed by atoms with Crippen LogP contribution in [0.15, 0.2) is 12.2 Å². The van der Waals surface area contributed by atoms with Gasteiger partial charge in [-0.1, -0.05) is 12.2 Å². The molecule has 0 aromatic carbocycles. The van der Waals surface area contributed by atoms with Crippen molar-refractivity contribution in [3.05, 3.63) is 12.2 Å². The summed E-state index contributed by atoms with van der Waals surface area (Å²) in [6.45, 7) is 0. The lowest BCUT2D eigenvalue weighted by Crippen LogP contribution is -2.32. The Balaban J connectivity index is 2.06. The average Bonchev–Trinajstić information content (AvgIpc) is 2.07. The molecule has 1 aliphatic carbocycles. The molecule has 1 spiro atoms. The third-order valence-electron chi connectivity index (χ3n) is 2.08. The Kier molecular flexibility index (Phi) is 0.944. The Morgan fingerprint density at radius 1 is 1.12 bits per heavy atom. The van der Waals surface area contributed by atoms with Gasteiger partial charge in [0.05, 0.1) is 0 Å². The lowest BCUT2D eigenvalue weighted by atomic mass is 9.89. The smallest absolute Gasteiger partial charge is 0.000327 e. The average molecular weight is 126 g/mol. The van der Waals surface area contributed by atoms with Crippen molar-refractivity contribution >= 4 is 11.8 Å². The van der Waals surface area contributed by atoms with Gasteiger partial charge in [0.25, 0.3) is 0 Å². The molecule has 0 aromatic heterocycles. The maximum atomic E-state index is 2.33. The topological polar surface area (TPSA) is 0 Å². The Hall–Kier alpha value is 0.0900. The van der Waals surface area contributed by atoms with Gasteiger partial charge in [-0.3, -0.25) is 0 Å². The Bertz CT molecular complexity index is 112. The van der Waals surface area contributed by atoms with Crippen LogP contribution in [0.1, 0.15) is 12.8 Å². The first kappa shape index (κ1) is 4.92. The van der Waals surface area contributed by atoms with Gasteiger partial charge in [0, 0.05) is 11.5 Å². The zero-order valence-corrected chi connectivity index (χ0v) is 5.71. The number of allylic oxidation sites excluding steroid dienone is 2. The summed E-state index contributed by atoms with van der Waals surface area (Å²) in [5.41, 5.74) is 0.769. The molecule has 1 fully saturated rings. The van der Waals surface area contributed by atoms with Crippen molar-refractivity contribution in [1.29, 1.82) is 0 Å². The predicted molar refractivity (Wildman–Crippen MR) is 38.1 cm³/mol. The molecule has 0 unspecified atom stereocenters. The predicted octanol–water partition coefficient (Wildman–Crippen LogP) is 2.07. The minimum atomic E-state index is 0.769. The Morgan fingerprint density at radius 3 is 2.00 bits per heavy atom. The van der Waals surface area contributed by atoms with E-state index in [9.17, 15) is 0 Å². The highest BCUT2D eigenvalue weighted by Gasteiger charge is 2.37. The molecular formula is C7H10S. The molecule has 0 aromatic rings. The van der Waals surface area contributed by atoms with E-state index in [2.05, 4.69) is 23.9 Å². The second-order valence-corrected chi connectivity index (χ2v) is 3.86. The molecule has 1 heterocycles. The summed E-state index contributed by atoms with van der Waals surface area (Å²) in [6.07, 6.45) is 7.39. The van der Waals surface area contributed by atoms with E-state index in [1.54, 1.807) is 0 Å². The zero-order chi connectivity index (χ0) is 5.45. The normalized spacial score (nSPS) is 31.0. The molecule has 2 aliphatic rings. The molecule has 0 radical (unpaired) electrons. The van der Waals surface area contributed by atoms with E-state index in [1.165, 1.54) is 24.3 Å². The minimum absolute atomic E-state index is 0.769. The van der Waals surface area contributed by atoms with E-state index in [0.29, 0.717) is 0 Å². The highest BCUT2D eigenvalue weighted by atomic mass is 32.2. The molecule has 1 aliphatic heterocycles. The maximum Gasteiger partial charge on any atom is 0.000327 e.